The summed E-state index contributed by atoms with van der Waals surface area (Å²) < 4.78 is 27.0. The van der Waals surface area contributed by atoms with Crippen LogP contribution >= 0.6 is 0 Å². The second-order valence-electron chi connectivity index (χ2n) is 4.90. The van der Waals surface area contributed by atoms with Gasteiger partial charge in [0.05, 0.1) is 16.8 Å². The van der Waals surface area contributed by atoms with Crippen molar-refractivity contribution >= 4 is 21.6 Å². The van der Waals surface area contributed by atoms with Crippen molar-refractivity contribution in [3.8, 4) is 0 Å². The standard InChI is InChI=1S/C13H14N4O3S/c1-9(18)17-7-10-2-3-13(4-11(10)8-17)21(19,20)16-12-5-14-15-6-12/h2-6,16H,7-8H2,1H3,(H,14,15). The van der Waals surface area contributed by atoms with E-state index in [1.54, 1.807) is 23.1 Å². The molecular weight excluding hydrogens is 292 g/mol. The Morgan fingerprint density at radius 2 is 2.10 bits per heavy atom. The fourth-order valence-corrected chi connectivity index (χ4v) is 3.37. The van der Waals surface area contributed by atoms with E-state index in [0.717, 1.165) is 11.1 Å². The highest BCUT2D eigenvalue weighted by atomic mass is 32.2. The predicted octanol–water partition coefficient (Wildman–Crippen LogP) is 1.07. The summed E-state index contributed by atoms with van der Waals surface area (Å²) in [5, 5.41) is 6.23. The van der Waals surface area contributed by atoms with Gasteiger partial charge in [0.25, 0.3) is 10.0 Å². The van der Waals surface area contributed by atoms with Gasteiger partial charge in [-0.25, -0.2) is 8.42 Å². The Labute approximate surface area is 122 Å². The smallest absolute Gasteiger partial charge is 0.262 e. The summed E-state index contributed by atoms with van der Waals surface area (Å²) in [4.78, 5) is 13.2. The number of aromatic nitrogens is 2. The molecule has 8 heteroatoms. The zero-order chi connectivity index (χ0) is 15.0. The molecule has 0 spiro atoms. The third-order valence-corrected chi connectivity index (χ3v) is 4.79. The van der Waals surface area contributed by atoms with Crippen LogP contribution in [0.5, 0.6) is 0 Å². The van der Waals surface area contributed by atoms with Crippen LogP contribution in [0.15, 0.2) is 35.5 Å². The lowest BCUT2D eigenvalue weighted by atomic mass is 10.1. The maximum Gasteiger partial charge on any atom is 0.262 e. The van der Waals surface area contributed by atoms with Crippen molar-refractivity contribution in [2.24, 2.45) is 0 Å². The molecule has 2 aromatic rings. The zero-order valence-corrected chi connectivity index (χ0v) is 12.1. The maximum absolute atomic E-state index is 12.3. The van der Waals surface area contributed by atoms with Crippen molar-refractivity contribution in [2.45, 2.75) is 24.9 Å². The molecule has 7 nitrogen and oxygen atoms in total. The van der Waals surface area contributed by atoms with Crippen LogP contribution in [0.25, 0.3) is 0 Å². The average molecular weight is 306 g/mol. The van der Waals surface area contributed by atoms with Gasteiger partial charge in [0, 0.05) is 26.2 Å². The van der Waals surface area contributed by atoms with Crippen molar-refractivity contribution in [1.29, 1.82) is 0 Å². The molecule has 0 saturated carbocycles. The molecule has 0 radical (unpaired) electrons. The minimum Gasteiger partial charge on any atom is -0.334 e. The highest BCUT2D eigenvalue weighted by Crippen LogP contribution is 2.26. The van der Waals surface area contributed by atoms with Gasteiger partial charge in [-0.05, 0) is 23.3 Å². The highest BCUT2D eigenvalue weighted by Gasteiger charge is 2.23. The molecule has 1 aliphatic rings. The van der Waals surface area contributed by atoms with E-state index >= 15 is 0 Å². The number of aromatic amines is 1. The summed E-state index contributed by atoms with van der Waals surface area (Å²) in [5.74, 6) is -0.0212. The van der Waals surface area contributed by atoms with Crippen LogP contribution in [-0.2, 0) is 27.9 Å². The number of fused-ring (bicyclic) bond motifs is 1. The normalized spacial score (nSPS) is 14.0. The number of nitrogens with zero attached hydrogens (tertiary/aromatic N) is 2. The van der Waals surface area contributed by atoms with Gasteiger partial charge in [-0.1, -0.05) is 6.07 Å². The third-order valence-electron chi connectivity index (χ3n) is 3.41. The number of carbonyl (C=O) groups excluding carboxylic acids is 1. The Balaban J connectivity index is 1.88. The molecular formula is C13H14N4O3S. The number of benzene rings is 1. The first kappa shape index (κ1) is 13.6. The molecule has 1 aliphatic heterocycles. The van der Waals surface area contributed by atoms with E-state index in [2.05, 4.69) is 14.9 Å². The summed E-state index contributed by atoms with van der Waals surface area (Å²) in [6.07, 6.45) is 2.85. The van der Waals surface area contributed by atoms with E-state index in [1.807, 2.05) is 0 Å². The molecule has 3 rings (SSSR count). The Morgan fingerprint density at radius 3 is 2.76 bits per heavy atom. The number of H-pyrrole nitrogens is 1. The topological polar surface area (TPSA) is 95.2 Å². The van der Waals surface area contributed by atoms with Gasteiger partial charge in [-0.3, -0.25) is 14.6 Å². The Bertz CT molecular complexity index is 784. The molecule has 0 aliphatic carbocycles. The molecule has 21 heavy (non-hydrogen) atoms. The van der Waals surface area contributed by atoms with Crippen molar-refractivity contribution in [3.05, 3.63) is 41.7 Å². The molecule has 1 amide bonds. The number of hydrogen-bond acceptors (Lipinski definition) is 4. The molecule has 1 aromatic carbocycles. The number of hydrogen-bond donors (Lipinski definition) is 2. The molecule has 110 valence electrons. The molecule has 0 unspecified atom stereocenters. The minimum absolute atomic E-state index is 0.0212. The van der Waals surface area contributed by atoms with Crippen LogP contribution in [0.3, 0.4) is 0 Å². The summed E-state index contributed by atoms with van der Waals surface area (Å²) in [7, 11) is -3.66. The first-order valence-corrected chi connectivity index (χ1v) is 7.83. The minimum atomic E-state index is -3.66. The van der Waals surface area contributed by atoms with Gasteiger partial charge in [0.15, 0.2) is 0 Å². The second kappa shape index (κ2) is 4.88. The first-order chi connectivity index (χ1) is 9.95. The third kappa shape index (κ3) is 2.62. The number of carbonyl (C=O) groups is 1. The van der Waals surface area contributed by atoms with Crippen LogP contribution in [0.4, 0.5) is 5.69 Å². The predicted molar refractivity (Wildman–Crippen MR) is 75.8 cm³/mol. The Hall–Kier alpha value is -2.35. The summed E-state index contributed by atoms with van der Waals surface area (Å²) in [6.45, 7) is 2.48. The quantitative estimate of drug-likeness (QED) is 0.886. The number of nitrogens with one attached hydrogen (secondary N) is 2. The first-order valence-electron chi connectivity index (χ1n) is 6.34. The molecule has 0 bridgehead atoms. The second-order valence-corrected chi connectivity index (χ2v) is 6.58. The van der Waals surface area contributed by atoms with Crippen LogP contribution in [0, 0.1) is 0 Å². The number of rotatable bonds is 3. The fourth-order valence-electron chi connectivity index (χ4n) is 2.28. The van der Waals surface area contributed by atoms with Crippen LogP contribution in [0.1, 0.15) is 18.1 Å². The monoisotopic (exact) mass is 306 g/mol. The van der Waals surface area contributed by atoms with Crippen molar-refractivity contribution in [3.63, 3.8) is 0 Å². The average Bonchev–Trinajstić information content (AvgIpc) is 3.05. The van der Waals surface area contributed by atoms with Crippen LogP contribution in [0.2, 0.25) is 0 Å². The Kier molecular flexibility index (Phi) is 3.17. The summed E-state index contributed by atoms with van der Waals surface area (Å²) in [5.41, 5.74) is 2.22. The van der Waals surface area contributed by atoms with Gasteiger partial charge in [-0.15, -0.1) is 0 Å². The number of sulfonamides is 1. The van der Waals surface area contributed by atoms with E-state index in [-0.39, 0.29) is 10.8 Å². The van der Waals surface area contributed by atoms with E-state index in [1.165, 1.54) is 19.3 Å². The number of amides is 1. The van der Waals surface area contributed by atoms with Crippen LogP contribution in [-0.4, -0.2) is 29.4 Å². The largest absolute Gasteiger partial charge is 0.334 e. The van der Waals surface area contributed by atoms with Crippen molar-refractivity contribution in [1.82, 2.24) is 15.1 Å². The highest BCUT2D eigenvalue weighted by molar-refractivity contribution is 7.92. The zero-order valence-electron chi connectivity index (χ0n) is 11.3. The molecule has 2 heterocycles. The van der Waals surface area contributed by atoms with Gasteiger partial charge >= 0.3 is 0 Å². The van der Waals surface area contributed by atoms with Crippen molar-refractivity contribution in [2.75, 3.05) is 4.72 Å². The summed E-state index contributed by atoms with van der Waals surface area (Å²) >= 11 is 0. The summed E-state index contributed by atoms with van der Waals surface area (Å²) in [6, 6.07) is 4.91. The van der Waals surface area contributed by atoms with Gasteiger partial charge in [0.1, 0.15) is 0 Å². The lowest BCUT2D eigenvalue weighted by Crippen LogP contribution is -2.21. The van der Waals surface area contributed by atoms with E-state index in [0.29, 0.717) is 18.8 Å². The van der Waals surface area contributed by atoms with E-state index in [4.69, 9.17) is 0 Å². The van der Waals surface area contributed by atoms with Crippen LogP contribution < -0.4 is 4.72 Å². The Morgan fingerprint density at radius 1 is 1.33 bits per heavy atom. The maximum atomic E-state index is 12.3. The van der Waals surface area contributed by atoms with E-state index in [9.17, 15) is 13.2 Å². The SMILES string of the molecule is CC(=O)N1Cc2ccc(S(=O)(=O)Nc3cn[nH]c3)cc2C1. The van der Waals surface area contributed by atoms with Gasteiger partial charge < -0.3 is 4.90 Å². The van der Waals surface area contributed by atoms with Gasteiger partial charge in [-0.2, -0.15) is 5.10 Å². The lowest BCUT2D eigenvalue weighted by Gasteiger charge is -2.11. The van der Waals surface area contributed by atoms with Crippen molar-refractivity contribution < 1.29 is 13.2 Å². The fraction of sp³-hybridized carbons (Fsp3) is 0.231. The molecule has 0 atom stereocenters. The number of anilines is 1. The molecule has 2 N–H and O–H groups in total. The molecule has 0 fully saturated rings. The lowest BCUT2D eigenvalue weighted by molar-refractivity contribution is -0.129. The molecule has 1 aromatic heterocycles. The molecule has 0 saturated heterocycles. The van der Waals surface area contributed by atoms with E-state index < -0.39 is 10.0 Å². The van der Waals surface area contributed by atoms with Gasteiger partial charge in [0.2, 0.25) is 5.91 Å².